The summed E-state index contributed by atoms with van der Waals surface area (Å²) < 4.78 is 38.3. The number of halogens is 3. The van der Waals surface area contributed by atoms with E-state index in [2.05, 4.69) is 15.6 Å². The van der Waals surface area contributed by atoms with Gasteiger partial charge in [-0.25, -0.2) is 4.98 Å². The molecule has 25 heavy (non-hydrogen) atoms. The van der Waals surface area contributed by atoms with E-state index in [9.17, 15) is 18.0 Å². The van der Waals surface area contributed by atoms with E-state index >= 15 is 0 Å². The molecule has 0 aliphatic carbocycles. The minimum absolute atomic E-state index is 0.0166. The minimum atomic E-state index is -4.35. The number of amides is 1. The summed E-state index contributed by atoms with van der Waals surface area (Å²) in [6.45, 7) is 1.66. The fraction of sp³-hybridized carbons (Fsp3) is 0.412. The van der Waals surface area contributed by atoms with Crippen LogP contribution in [0.4, 0.5) is 18.3 Å². The van der Waals surface area contributed by atoms with E-state index in [-0.39, 0.29) is 11.8 Å². The van der Waals surface area contributed by atoms with E-state index in [1.807, 2.05) is 0 Å². The average molecular weight is 369 g/mol. The third-order valence-corrected chi connectivity index (χ3v) is 5.04. The molecule has 8 heteroatoms. The van der Waals surface area contributed by atoms with Crippen molar-refractivity contribution in [3.05, 3.63) is 46.5 Å². The van der Waals surface area contributed by atoms with Gasteiger partial charge in [0.25, 0.3) is 0 Å². The Balaban J connectivity index is 1.63. The maximum atomic E-state index is 12.8. The van der Waals surface area contributed by atoms with Crippen LogP contribution < -0.4 is 10.6 Å². The number of carbonyl (C=O) groups is 1. The molecule has 1 fully saturated rings. The summed E-state index contributed by atoms with van der Waals surface area (Å²) in [7, 11) is 0. The number of piperidine rings is 1. The first-order chi connectivity index (χ1) is 11.9. The van der Waals surface area contributed by atoms with Crippen LogP contribution in [-0.2, 0) is 17.4 Å². The number of nitrogens with zero attached hydrogens (tertiary/aromatic N) is 1. The van der Waals surface area contributed by atoms with Crippen molar-refractivity contribution in [2.24, 2.45) is 5.92 Å². The van der Waals surface area contributed by atoms with Gasteiger partial charge in [0.15, 0.2) is 5.13 Å². The Bertz CT molecular complexity index is 739. The van der Waals surface area contributed by atoms with E-state index in [0.29, 0.717) is 17.1 Å². The van der Waals surface area contributed by atoms with Crippen molar-refractivity contribution < 1.29 is 18.0 Å². The quantitative estimate of drug-likeness (QED) is 0.864. The number of benzene rings is 1. The Kier molecular flexibility index (Phi) is 5.39. The smallest absolute Gasteiger partial charge is 0.317 e. The van der Waals surface area contributed by atoms with E-state index in [0.717, 1.165) is 42.9 Å². The van der Waals surface area contributed by atoms with Crippen molar-refractivity contribution in [2.45, 2.75) is 25.4 Å². The Labute approximate surface area is 147 Å². The SMILES string of the molecule is O=C(Nc1ncc(Cc2cccc(C(F)(F)F)c2)s1)C1CCNCC1. The highest BCUT2D eigenvalue weighted by molar-refractivity contribution is 7.15. The molecule has 0 bridgehead atoms. The highest BCUT2D eigenvalue weighted by atomic mass is 32.1. The first kappa shape index (κ1) is 17.9. The van der Waals surface area contributed by atoms with Gasteiger partial charge in [0.1, 0.15) is 0 Å². The van der Waals surface area contributed by atoms with Gasteiger partial charge in [-0.05, 0) is 37.6 Å². The van der Waals surface area contributed by atoms with E-state index in [1.54, 1.807) is 12.3 Å². The molecule has 1 saturated heterocycles. The van der Waals surface area contributed by atoms with Gasteiger partial charge in [0.05, 0.1) is 5.56 Å². The van der Waals surface area contributed by atoms with Gasteiger partial charge in [-0.15, -0.1) is 11.3 Å². The van der Waals surface area contributed by atoms with Crippen LogP contribution in [-0.4, -0.2) is 24.0 Å². The standard InChI is InChI=1S/C17H18F3N3OS/c18-17(19,20)13-3-1-2-11(8-13)9-14-10-22-16(25-14)23-15(24)12-4-6-21-7-5-12/h1-3,8,10,12,21H,4-7,9H2,(H,22,23,24). The van der Waals surface area contributed by atoms with E-state index < -0.39 is 11.7 Å². The largest absolute Gasteiger partial charge is 0.416 e. The fourth-order valence-corrected chi connectivity index (χ4v) is 3.65. The third kappa shape index (κ3) is 4.79. The maximum Gasteiger partial charge on any atom is 0.416 e. The molecule has 0 atom stereocenters. The zero-order chi connectivity index (χ0) is 17.9. The molecule has 2 aromatic rings. The number of hydrogen-bond acceptors (Lipinski definition) is 4. The first-order valence-corrected chi connectivity index (χ1v) is 8.86. The highest BCUT2D eigenvalue weighted by Gasteiger charge is 2.30. The van der Waals surface area contributed by atoms with Crippen molar-refractivity contribution in [3.8, 4) is 0 Å². The second kappa shape index (κ2) is 7.53. The molecule has 1 aliphatic rings. The van der Waals surface area contributed by atoms with E-state index in [4.69, 9.17) is 0 Å². The van der Waals surface area contributed by atoms with Crippen molar-refractivity contribution in [3.63, 3.8) is 0 Å². The highest BCUT2D eigenvalue weighted by Crippen LogP contribution is 2.30. The van der Waals surface area contributed by atoms with E-state index in [1.165, 1.54) is 17.4 Å². The lowest BCUT2D eigenvalue weighted by Crippen LogP contribution is -2.34. The Morgan fingerprint density at radius 1 is 1.32 bits per heavy atom. The van der Waals surface area contributed by atoms with Crippen LogP contribution in [0.1, 0.15) is 28.8 Å². The van der Waals surface area contributed by atoms with Crippen LogP contribution in [0, 0.1) is 5.92 Å². The van der Waals surface area contributed by atoms with Gasteiger partial charge in [0.2, 0.25) is 5.91 Å². The van der Waals surface area contributed by atoms with Gasteiger partial charge in [-0.1, -0.05) is 18.2 Å². The summed E-state index contributed by atoms with van der Waals surface area (Å²) in [5, 5.41) is 6.51. The number of aromatic nitrogens is 1. The van der Waals surface area contributed by atoms with Crippen LogP contribution in [0.3, 0.4) is 0 Å². The average Bonchev–Trinajstić information content (AvgIpc) is 3.02. The Morgan fingerprint density at radius 2 is 2.08 bits per heavy atom. The van der Waals surface area contributed by atoms with Gasteiger partial charge in [-0.2, -0.15) is 13.2 Å². The second-order valence-corrected chi connectivity index (χ2v) is 7.14. The fourth-order valence-electron chi connectivity index (χ4n) is 2.80. The van der Waals surface area contributed by atoms with Crippen LogP contribution in [0.25, 0.3) is 0 Å². The number of alkyl halides is 3. The molecule has 1 aromatic carbocycles. The zero-order valence-corrected chi connectivity index (χ0v) is 14.2. The molecule has 1 aromatic heterocycles. The molecule has 0 unspecified atom stereocenters. The van der Waals surface area contributed by atoms with Crippen molar-refractivity contribution in [2.75, 3.05) is 18.4 Å². The number of carbonyl (C=O) groups excluding carboxylic acids is 1. The topological polar surface area (TPSA) is 54.0 Å². The predicted octanol–water partition coefficient (Wildman–Crippen LogP) is 3.69. The van der Waals surface area contributed by atoms with Crippen LogP contribution in [0.5, 0.6) is 0 Å². The second-order valence-electron chi connectivity index (χ2n) is 6.02. The third-order valence-electron chi connectivity index (χ3n) is 4.13. The lowest BCUT2D eigenvalue weighted by molar-refractivity contribution is -0.137. The summed E-state index contributed by atoms with van der Waals surface area (Å²) in [6.07, 6.45) is -0.798. The molecule has 2 heterocycles. The zero-order valence-electron chi connectivity index (χ0n) is 13.4. The summed E-state index contributed by atoms with van der Waals surface area (Å²) in [4.78, 5) is 17.2. The predicted molar refractivity (Wildman–Crippen MR) is 90.6 cm³/mol. The summed E-state index contributed by atoms with van der Waals surface area (Å²) in [5.41, 5.74) is -0.0938. The molecule has 2 N–H and O–H groups in total. The monoisotopic (exact) mass is 369 g/mol. The molecule has 4 nitrogen and oxygen atoms in total. The molecule has 3 rings (SSSR count). The van der Waals surface area contributed by atoms with Gasteiger partial charge < -0.3 is 10.6 Å². The van der Waals surface area contributed by atoms with Gasteiger partial charge >= 0.3 is 6.18 Å². The molecule has 0 spiro atoms. The maximum absolute atomic E-state index is 12.8. The number of rotatable bonds is 4. The summed E-state index contributed by atoms with van der Waals surface area (Å²) in [6, 6.07) is 5.26. The number of thiazole rings is 1. The lowest BCUT2D eigenvalue weighted by atomic mass is 9.97. The van der Waals surface area contributed by atoms with Crippen LogP contribution >= 0.6 is 11.3 Å². The molecule has 1 aliphatic heterocycles. The Hall–Kier alpha value is -1.93. The minimum Gasteiger partial charge on any atom is -0.317 e. The van der Waals surface area contributed by atoms with Gasteiger partial charge in [0, 0.05) is 23.4 Å². The number of anilines is 1. The van der Waals surface area contributed by atoms with Gasteiger partial charge in [-0.3, -0.25) is 4.79 Å². The van der Waals surface area contributed by atoms with Crippen molar-refractivity contribution in [1.82, 2.24) is 10.3 Å². The lowest BCUT2D eigenvalue weighted by Gasteiger charge is -2.20. The molecule has 0 saturated carbocycles. The van der Waals surface area contributed by atoms with Crippen molar-refractivity contribution >= 4 is 22.4 Å². The van der Waals surface area contributed by atoms with Crippen molar-refractivity contribution in [1.29, 1.82) is 0 Å². The molecule has 134 valence electrons. The normalized spacial score (nSPS) is 16.0. The molecule has 0 radical (unpaired) electrons. The summed E-state index contributed by atoms with van der Waals surface area (Å²) >= 11 is 1.29. The van der Waals surface area contributed by atoms with Crippen LogP contribution in [0.2, 0.25) is 0 Å². The summed E-state index contributed by atoms with van der Waals surface area (Å²) in [5.74, 6) is -0.0569. The first-order valence-electron chi connectivity index (χ1n) is 8.04. The number of nitrogens with one attached hydrogen (secondary N) is 2. The molecular weight excluding hydrogens is 351 g/mol. The Morgan fingerprint density at radius 3 is 2.80 bits per heavy atom. The molecular formula is C17H18F3N3OS. The van der Waals surface area contributed by atoms with Crippen LogP contribution in [0.15, 0.2) is 30.5 Å². The number of hydrogen-bond donors (Lipinski definition) is 2. The molecule has 1 amide bonds.